The SMILES string of the molecule is CCCNC1CCC(n2ccnc2C(C)C)C1. The fraction of sp³-hybridized carbons (Fsp3) is 0.786. The fourth-order valence-corrected chi connectivity index (χ4v) is 2.82. The molecule has 96 valence electrons. The van der Waals surface area contributed by atoms with Gasteiger partial charge in [0.1, 0.15) is 5.82 Å². The van der Waals surface area contributed by atoms with Crippen LogP contribution in [0.15, 0.2) is 12.4 Å². The Balaban J connectivity index is 1.97. The Morgan fingerprint density at radius 2 is 2.29 bits per heavy atom. The lowest BCUT2D eigenvalue weighted by Crippen LogP contribution is -2.27. The minimum Gasteiger partial charge on any atom is -0.332 e. The van der Waals surface area contributed by atoms with E-state index in [1.165, 1.54) is 31.5 Å². The summed E-state index contributed by atoms with van der Waals surface area (Å²) in [5.41, 5.74) is 0. The van der Waals surface area contributed by atoms with E-state index in [0.29, 0.717) is 18.0 Å². The molecule has 1 aromatic rings. The van der Waals surface area contributed by atoms with E-state index in [-0.39, 0.29) is 0 Å². The summed E-state index contributed by atoms with van der Waals surface area (Å²) in [5, 5.41) is 3.64. The summed E-state index contributed by atoms with van der Waals surface area (Å²) >= 11 is 0. The molecule has 0 aliphatic heterocycles. The van der Waals surface area contributed by atoms with Gasteiger partial charge in [-0.15, -0.1) is 0 Å². The zero-order valence-electron chi connectivity index (χ0n) is 11.3. The number of nitrogens with zero attached hydrogens (tertiary/aromatic N) is 2. The van der Waals surface area contributed by atoms with Gasteiger partial charge in [-0.1, -0.05) is 20.8 Å². The van der Waals surface area contributed by atoms with E-state index in [1.54, 1.807) is 0 Å². The van der Waals surface area contributed by atoms with Gasteiger partial charge in [0, 0.05) is 30.4 Å². The van der Waals surface area contributed by atoms with Crippen LogP contribution in [-0.2, 0) is 0 Å². The summed E-state index contributed by atoms with van der Waals surface area (Å²) in [6.45, 7) is 7.83. The van der Waals surface area contributed by atoms with Crippen LogP contribution >= 0.6 is 0 Å². The lowest BCUT2D eigenvalue weighted by Gasteiger charge is -2.18. The molecule has 2 unspecified atom stereocenters. The third kappa shape index (κ3) is 2.89. The predicted molar refractivity (Wildman–Crippen MR) is 71.3 cm³/mol. The number of imidazole rings is 1. The maximum absolute atomic E-state index is 4.49. The van der Waals surface area contributed by atoms with Gasteiger partial charge in [-0.25, -0.2) is 4.98 Å². The number of hydrogen-bond acceptors (Lipinski definition) is 2. The minimum absolute atomic E-state index is 0.521. The van der Waals surface area contributed by atoms with Crippen LogP contribution in [0.1, 0.15) is 64.2 Å². The first-order valence-electron chi connectivity index (χ1n) is 6.98. The van der Waals surface area contributed by atoms with Crippen molar-refractivity contribution in [1.29, 1.82) is 0 Å². The molecule has 1 aliphatic carbocycles. The summed E-state index contributed by atoms with van der Waals surface area (Å²) in [7, 11) is 0. The van der Waals surface area contributed by atoms with Crippen molar-refractivity contribution >= 4 is 0 Å². The van der Waals surface area contributed by atoms with E-state index in [9.17, 15) is 0 Å². The highest BCUT2D eigenvalue weighted by molar-refractivity contribution is 5.02. The normalized spacial score (nSPS) is 24.7. The number of nitrogens with one attached hydrogen (secondary N) is 1. The third-order valence-corrected chi connectivity index (χ3v) is 3.70. The molecule has 1 saturated carbocycles. The summed E-state index contributed by atoms with van der Waals surface area (Å²) in [6, 6.07) is 1.37. The number of rotatable bonds is 5. The van der Waals surface area contributed by atoms with Gasteiger partial charge in [0.25, 0.3) is 0 Å². The molecule has 0 radical (unpaired) electrons. The average molecular weight is 235 g/mol. The van der Waals surface area contributed by atoms with Crippen LogP contribution in [0.4, 0.5) is 0 Å². The summed E-state index contributed by atoms with van der Waals surface area (Å²) in [6.07, 6.45) is 9.18. The van der Waals surface area contributed by atoms with E-state index in [1.807, 2.05) is 6.20 Å². The molecular weight excluding hydrogens is 210 g/mol. The lowest BCUT2D eigenvalue weighted by atomic mass is 10.1. The van der Waals surface area contributed by atoms with Crippen LogP contribution in [-0.4, -0.2) is 22.1 Å². The predicted octanol–water partition coefficient (Wildman–Crippen LogP) is 3.10. The van der Waals surface area contributed by atoms with Crippen LogP contribution in [0.3, 0.4) is 0 Å². The molecule has 0 amide bonds. The molecule has 3 heteroatoms. The summed E-state index contributed by atoms with van der Waals surface area (Å²) in [4.78, 5) is 4.49. The molecule has 1 heterocycles. The van der Waals surface area contributed by atoms with E-state index in [0.717, 1.165) is 6.54 Å². The monoisotopic (exact) mass is 235 g/mol. The molecule has 2 rings (SSSR count). The van der Waals surface area contributed by atoms with E-state index < -0.39 is 0 Å². The zero-order chi connectivity index (χ0) is 12.3. The molecule has 0 spiro atoms. The van der Waals surface area contributed by atoms with Gasteiger partial charge >= 0.3 is 0 Å². The van der Waals surface area contributed by atoms with Gasteiger partial charge in [0.15, 0.2) is 0 Å². The van der Waals surface area contributed by atoms with Gasteiger partial charge in [-0.05, 0) is 32.2 Å². The molecule has 0 bridgehead atoms. The fourth-order valence-electron chi connectivity index (χ4n) is 2.82. The Bertz CT molecular complexity index is 343. The summed E-state index contributed by atoms with van der Waals surface area (Å²) < 4.78 is 2.40. The van der Waals surface area contributed by atoms with Gasteiger partial charge in [-0.2, -0.15) is 0 Å². The van der Waals surface area contributed by atoms with Gasteiger partial charge in [0.05, 0.1) is 0 Å². The Kier molecular flexibility index (Phi) is 4.21. The highest BCUT2D eigenvalue weighted by Crippen LogP contribution is 2.32. The van der Waals surface area contributed by atoms with Crippen LogP contribution in [0, 0.1) is 0 Å². The first-order chi connectivity index (χ1) is 8.22. The second-order valence-electron chi connectivity index (χ2n) is 5.47. The van der Waals surface area contributed by atoms with Crippen LogP contribution in [0.2, 0.25) is 0 Å². The largest absolute Gasteiger partial charge is 0.332 e. The first kappa shape index (κ1) is 12.6. The minimum atomic E-state index is 0.521. The van der Waals surface area contributed by atoms with E-state index in [2.05, 4.69) is 41.8 Å². The molecule has 3 nitrogen and oxygen atoms in total. The van der Waals surface area contributed by atoms with Crippen molar-refractivity contribution in [2.24, 2.45) is 0 Å². The molecule has 2 atom stereocenters. The Hall–Kier alpha value is -0.830. The van der Waals surface area contributed by atoms with Crippen LogP contribution in [0.25, 0.3) is 0 Å². The lowest BCUT2D eigenvalue weighted by molar-refractivity contribution is 0.457. The van der Waals surface area contributed by atoms with Gasteiger partial charge < -0.3 is 9.88 Å². The molecule has 1 aliphatic rings. The smallest absolute Gasteiger partial charge is 0.111 e. The average Bonchev–Trinajstić information content (AvgIpc) is 2.94. The Morgan fingerprint density at radius 1 is 1.47 bits per heavy atom. The first-order valence-corrected chi connectivity index (χ1v) is 6.98. The number of aromatic nitrogens is 2. The Morgan fingerprint density at radius 3 is 3.00 bits per heavy atom. The van der Waals surface area contributed by atoms with Crippen molar-refractivity contribution < 1.29 is 0 Å². The quantitative estimate of drug-likeness (QED) is 0.850. The molecule has 1 N–H and O–H groups in total. The second-order valence-corrected chi connectivity index (χ2v) is 5.47. The van der Waals surface area contributed by atoms with E-state index in [4.69, 9.17) is 0 Å². The second kappa shape index (κ2) is 5.67. The van der Waals surface area contributed by atoms with Crippen LogP contribution < -0.4 is 5.32 Å². The molecule has 1 aromatic heterocycles. The van der Waals surface area contributed by atoms with Crippen molar-refractivity contribution in [3.8, 4) is 0 Å². The summed E-state index contributed by atoms with van der Waals surface area (Å²) in [5.74, 6) is 1.76. The van der Waals surface area contributed by atoms with Crippen molar-refractivity contribution in [1.82, 2.24) is 14.9 Å². The maximum Gasteiger partial charge on any atom is 0.111 e. The van der Waals surface area contributed by atoms with Gasteiger partial charge in [0.2, 0.25) is 0 Å². The molecule has 1 fully saturated rings. The highest BCUT2D eigenvalue weighted by atomic mass is 15.1. The van der Waals surface area contributed by atoms with Gasteiger partial charge in [-0.3, -0.25) is 0 Å². The molecular formula is C14H25N3. The zero-order valence-corrected chi connectivity index (χ0v) is 11.3. The molecule has 0 saturated heterocycles. The standard InChI is InChI=1S/C14H25N3/c1-4-7-15-12-5-6-13(10-12)17-9-8-16-14(17)11(2)3/h8-9,11-13,15H,4-7,10H2,1-3H3. The van der Waals surface area contributed by atoms with Crippen molar-refractivity contribution in [2.75, 3.05) is 6.54 Å². The topological polar surface area (TPSA) is 29.9 Å². The molecule has 17 heavy (non-hydrogen) atoms. The van der Waals surface area contributed by atoms with Crippen LogP contribution in [0.5, 0.6) is 0 Å². The third-order valence-electron chi connectivity index (χ3n) is 3.70. The Labute approximate surface area is 105 Å². The van der Waals surface area contributed by atoms with Crippen molar-refractivity contribution in [3.63, 3.8) is 0 Å². The van der Waals surface area contributed by atoms with Crippen molar-refractivity contribution in [3.05, 3.63) is 18.2 Å². The highest BCUT2D eigenvalue weighted by Gasteiger charge is 2.26. The van der Waals surface area contributed by atoms with E-state index >= 15 is 0 Å². The van der Waals surface area contributed by atoms with Crippen molar-refractivity contribution in [2.45, 2.75) is 64.5 Å². The number of hydrogen-bond donors (Lipinski definition) is 1. The molecule has 0 aromatic carbocycles. The maximum atomic E-state index is 4.49.